The summed E-state index contributed by atoms with van der Waals surface area (Å²) in [5.41, 5.74) is 0. The van der Waals surface area contributed by atoms with E-state index in [1.54, 1.807) is 4.90 Å². The van der Waals surface area contributed by atoms with Gasteiger partial charge in [-0.05, 0) is 45.0 Å². The monoisotopic (exact) mass is 423 g/mol. The number of hydrogen-bond donors (Lipinski definition) is 1. The Labute approximate surface area is 170 Å². The summed E-state index contributed by atoms with van der Waals surface area (Å²) in [5, 5.41) is 8.93. The molecule has 1 N–H and O–H groups in total. The highest BCUT2D eigenvalue weighted by Crippen LogP contribution is 2.22. The molecule has 0 bridgehead atoms. The molecule has 148 valence electrons. The second-order valence-corrected chi connectivity index (χ2v) is 8.42. The van der Waals surface area contributed by atoms with Gasteiger partial charge in [-0.3, -0.25) is 19.4 Å². The van der Waals surface area contributed by atoms with Gasteiger partial charge in [0.25, 0.3) is 0 Å². The van der Waals surface area contributed by atoms with E-state index < -0.39 is 5.97 Å². The summed E-state index contributed by atoms with van der Waals surface area (Å²) in [6.07, 6.45) is 2.84. The lowest BCUT2D eigenvalue weighted by atomic mass is 10.1. The first kappa shape index (κ1) is 23.2. The number of rotatable bonds is 7. The predicted molar refractivity (Wildman–Crippen MR) is 107 cm³/mol. The summed E-state index contributed by atoms with van der Waals surface area (Å²) in [6, 6.07) is 4.07. The van der Waals surface area contributed by atoms with E-state index in [-0.39, 0.29) is 30.9 Å². The van der Waals surface area contributed by atoms with Crippen molar-refractivity contribution in [2.24, 2.45) is 0 Å². The van der Waals surface area contributed by atoms with Crippen LogP contribution in [0.5, 0.6) is 0 Å². The molecule has 0 saturated carbocycles. The molecule has 0 aromatic carbocycles. The Morgan fingerprint density at radius 1 is 1.31 bits per heavy atom. The van der Waals surface area contributed by atoms with Crippen LogP contribution in [0.3, 0.4) is 0 Å². The first-order chi connectivity index (χ1) is 11.8. The van der Waals surface area contributed by atoms with Crippen LogP contribution in [0, 0.1) is 0 Å². The van der Waals surface area contributed by atoms with Crippen LogP contribution in [0.15, 0.2) is 12.1 Å². The molecule has 1 fully saturated rings. The Hall–Kier alpha value is -0.860. The van der Waals surface area contributed by atoms with Gasteiger partial charge >= 0.3 is 5.97 Å². The predicted octanol–water partition coefficient (Wildman–Crippen LogP) is 2.65. The number of thiophene rings is 1. The molecule has 1 unspecified atom stereocenters. The maximum Gasteiger partial charge on any atom is 0.317 e. The minimum Gasteiger partial charge on any atom is -0.480 e. The molecule has 0 radical (unpaired) electrons. The van der Waals surface area contributed by atoms with E-state index in [4.69, 9.17) is 16.7 Å². The van der Waals surface area contributed by atoms with Gasteiger partial charge in [0.2, 0.25) is 5.91 Å². The number of hydrogen-bond acceptors (Lipinski definition) is 5. The number of amides is 1. The quantitative estimate of drug-likeness (QED) is 0.729. The Morgan fingerprint density at radius 3 is 2.65 bits per heavy atom. The summed E-state index contributed by atoms with van der Waals surface area (Å²) in [6.45, 7) is 2.75. The van der Waals surface area contributed by atoms with E-state index in [1.165, 1.54) is 11.3 Å². The summed E-state index contributed by atoms with van der Waals surface area (Å²) >= 11 is 7.43. The van der Waals surface area contributed by atoms with Gasteiger partial charge in [0, 0.05) is 24.5 Å². The lowest BCUT2D eigenvalue weighted by molar-refractivity contribution is -0.138. The van der Waals surface area contributed by atoms with Gasteiger partial charge in [0.05, 0.1) is 24.0 Å². The van der Waals surface area contributed by atoms with Gasteiger partial charge in [-0.25, -0.2) is 0 Å². The van der Waals surface area contributed by atoms with Gasteiger partial charge in [0.1, 0.15) is 0 Å². The third kappa shape index (κ3) is 7.40. The van der Waals surface area contributed by atoms with Crippen LogP contribution in [0.2, 0.25) is 4.34 Å². The van der Waals surface area contributed by atoms with E-state index >= 15 is 0 Å². The molecule has 1 aromatic rings. The number of carboxylic acids is 1. The van der Waals surface area contributed by atoms with Gasteiger partial charge in [-0.1, -0.05) is 11.6 Å². The molecular formula is C17H27Cl2N3O3S. The maximum absolute atomic E-state index is 12.5. The summed E-state index contributed by atoms with van der Waals surface area (Å²) < 4.78 is 0.736. The number of likely N-dealkylation sites (tertiary alicyclic amines) is 1. The SMILES string of the molecule is CN(Cc1ccc(Cl)s1)C(=O)CN1CCCC(N(C)CC(=O)O)CC1.Cl. The first-order valence-electron chi connectivity index (χ1n) is 8.47. The highest BCUT2D eigenvalue weighted by Gasteiger charge is 2.23. The second kappa shape index (κ2) is 11.1. The van der Waals surface area contributed by atoms with E-state index in [0.717, 1.165) is 41.6 Å². The summed E-state index contributed by atoms with van der Waals surface area (Å²) in [7, 11) is 3.68. The van der Waals surface area contributed by atoms with Crippen LogP contribution in [0.4, 0.5) is 0 Å². The van der Waals surface area contributed by atoms with Gasteiger partial charge in [-0.2, -0.15) is 0 Å². The van der Waals surface area contributed by atoms with Crippen molar-refractivity contribution < 1.29 is 14.7 Å². The molecule has 2 rings (SSSR count). The van der Waals surface area contributed by atoms with Gasteiger partial charge in [0.15, 0.2) is 0 Å². The minimum atomic E-state index is -0.797. The van der Waals surface area contributed by atoms with Crippen LogP contribution in [0.25, 0.3) is 0 Å². The van der Waals surface area contributed by atoms with Crippen LogP contribution in [-0.4, -0.2) is 78.0 Å². The molecular weight excluding hydrogens is 397 g/mol. The summed E-state index contributed by atoms with van der Waals surface area (Å²) in [5.74, 6) is -0.698. The molecule has 1 aromatic heterocycles. The van der Waals surface area contributed by atoms with E-state index in [1.807, 2.05) is 31.1 Å². The molecule has 6 nitrogen and oxygen atoms in total. The van der Waals surface area contributed by atoms with E-state index in [9.17, 15) is 9.59 Å². The number of carbonyl (C=O) groups is 2. The number of nitrogens with zero attached hydrogens (tertiary/aromatic N) is 3. The third-order valence-electron chi connectivity index (χ3n) is 4.60. The molecule has 1 atom stereocenters. The van der Waals surface area contributed by atoms with Crippen LogP contribution < -0.4 is 0 Å². The molecule has 0 spiro atoms. The fraction of sp³-hybridized carbons (Fsp3) is 0.647. The molecule has 1 saturated heterocycles. The Kier molecular flexibility index (Phi) is 9.89. The van der Waals surface area contributed by atoms with Crippen LogP contribution in [-0.2, 0) is 16.1 Å². The minimum absolute atomic E-state index is 0. The maximum atomic E-state index is 12.5. The Bertz CT molecular complexity index is 600. The third-order valence-corrected chi connectivity index (χ3v) is 5.82. The first-order valence-corrected chi connectivity index (χ1v) is 9.67. The summed E-state index contributed by atoms with van der Waals surface area (Å²) in [4.78, 5) is 30.2. The van der Waals surface area contributed by atoms with Gasteiger partial charge in [-0.15, -0.1) is 23.7 Å². The van der Waals surface area contributed by atoms with Crippen molar-refractivity contribution in [3.05, 3.63) is 21.3 Å². The topological polar surface area (TPSA) is 64.1 Å². The van der Waals surface area contributed by atoms with Crippen LogP contribution in [0.1, 0.15) is 24.1 Å². The zero-order valence-electron chi connectivity index (χ0n) is 15.2. The molecule has 1 aliphatic rings. The second-order valence-electron chi connectivity index (χ2n) is 6.63. The fourth-order valence-electron chi connectivity index (χ4n) is 3.15. The van der Waals surface area contributed by atoms with Crippen molar-refractivity contribution in [2.75, 3.05) is 40.3 Å². The molecule has 1 aliphatic heterocycles. The number of halogens is 2. The number of carbonyl (C=O) groups excluding carboxylic acids is 1. The largest absolute Gasteiger partial charge is 0.480 e. The molecule has 9 heteroatoms. The smallest absolute Gasteiger partial charge is 0.317 e. The zero-order chi connectivity index (χ0) is 18.4. The number of likely N-dealkylation sites (N-methyl/N-ethyl adjacent to an activating group) is 2. The van der Waals surface area contributed by atoms with E-state index in [0.29, 0.717) is 13.1 Å². The molecule has 26 heavy (non-hydrogen) atoms. The zero-order valence-corrected chi connectivity index (χ0v) is 17.6. The van der Waals surface area contributed by atoms with Crippen molar-refractivity contribution in [1.82, 2.24) is 14.7 Å². The highest BCUT2D eigenvalue weighted by molar-refractivity contribution is 7.16. The highest BCUT2D eigenvalue weighted by atomic mass is 35.5. The van der Waals surface area contributed by atoms with Crippen molar-refractivity contribution in [3.63, 3.8) is 0 Å². The van der Waals surface area contributed by atoms with Crippen molar-refractivity contribution >= 4 is 47.2 Å². The van der Waals surface area contributed by atoms with Crippen molar-refractivity contribution in [2.45, 2.75) is 31.8 Å². The number of aliphatic carboxylic acids is 1. The van der Waals surface area contributed by atoms with Crippen LogP contribution >= 0.6 is 35.3 Å². The average molecular weight is 424 g/mol. The Balaban J connectivity index is 0.00000338. The standard InChI is InChI=1S/C17H26ClN3O3S.ClH/c1-19(12-17(23)24)13-4-3-8-21(9-7-13)11-16(22)20(2)10-14-5-6-15(18)25-14;/h5-6,13H,3-4,7-12H2,1-2H3,(H,23,24);1H. The van der Waals surface area contributed by atoms with Crippen molar-refractivity contribution in [3.8, 4) is 0 Å². The fourth-order valence-corrected chi connectivity index (χ4v) is 4.29. The normalized spacial score (nSPS) is 18.2. The average Bonchev–Trinajstić information content (AvgIpc) is 2.80. The van der Waals surface area contributed by atoms with E-state index in [2.05, 4.69) is 4.90 Å². The molecule has 0 aliphatic carbocycles. The number of carboxylic acid groups (broad SMARTS) is 1. The Morgan fingerprint density at radius 2 is 2.04 bits per heavy atom. The van der Waals surface area contributed by atoms with Crippen molar-refractivity contribution in [1.29, 1.82) is 0 Å². The molecule has 1 amide bonds. The lowest BCUT2D eigenvalue weighted by Crippen LogP contribution is -2.39. The van der Waals surface area contributed by atoms with Gasteiger partial charge < -0.3 is 10.0 Å². The molecule has 2 heterocycles. The lowest BCUT2D eigenvalue weighted by Gasteiger charge is -2.26.